The summed E-state index contributed by atoms with van der Waals surface area (Å²) in [5.74, 6) is 0. The van der Waals surface area contributed by atoms with Crippen molar-refractivity contribution in [2.24, 2.45) is 0 Å². The Morgan fingerprint density at radius 1 is 0.667 bits per heavy atom. The van der Waals surface area contributed by atoms with Crippen LogP contribution < -0.4 is 0 Å². The summed E-state index contributed by atoms with van der Waals surface area (Å²) in [7, 11) is 0. The van der Waals surface area contributed by atoms with Gasteiger partial charge in [-0.3, -0.25) is 4.40 Å². The monoisotopic (exact) mass is 422 g/mol. The molecular formula is C31H22N2. The minimum Gasteiger partial charge on any atom is -0.296 e. The van der Waals surface area contributed by atoms with Crippen LogP contribution in [-0.4, -0.2) is 9.38 Å². The van der Waals surface area contributed by atoms with Crippen LogP contribution in [0.15, 0.2) is 72.8 Å². The van der Waals surface area contributed by atoms with Crippen LogP contribution in [0.1, 0.15) is 33.6 Å². The molecule has 2 heterocycles. The Morgan fingerprint density at radius 2 is 1.39 bits per heavy atom. The highest BCUT2D eigenvalue weighted by Crippen LogP contribution is 2.51. The second-order valence-electron chi connectivity index (χ2n) is 9.62. The van der Waals surface area contributed by atoms with Gasteiger partial charge in [-0.1, -0.05) is 66.7 Å². The Hall–Kier alpha value is -3.91. The van der Waals surface area contributed by atoms with E-state index in [0.717, 1.165) is 24.2 Å². The van der Waals surface area contributed by atoms with Gasteiger partial charge >= 0.3 is 0 Å². The molecule has 2 aromatic heterocycles. The number of benzene rings is 4. The molecule has 0 aliphatic heterocycles. The first-order valence-electron chi connectivity index (χ1n) is 11.8. The van der Waals surface area contributed by atoms with E-state index in [0.29, 0.717) is 0 Å². The summed E-state index contributed by atoms with van der Waals surface area (Å²) < 4.78 is 2.37. The maximum absolute atomic E-state index is 4.96. The molecular weight excluding hydrogens is 400 g/mol. The molecule has 0 saturated carbocycles. The summed E-state index contributed by atoms with van der Waals surface area (Å²) in [5.41, 5.74) is 16.2. The zero-order chi connectivity index (χ0) is 21.8. The Labute approximate surface area is 192 Å². The van der Waals surface area contributed by atoms with Gasteiger partial charge in [-0.15, -0.1) is 0 Å². The molecule has 0 N–H and O–H groups in total. The fraction of sp³-hybridized carbons (Fsp3) is 0.129. The molecule has 156 valence electrons. The van der Waals surface area contributed by atoms with Crippen LogP contribution in [0.25, 0.3) is 49.6 Å². The summed E-state index contributed by atoms with van der Waals surface area (Å²) in [4.78, 5) is 4.96. The van der Waals surface area contributed by atoms with Gasteiger partial charge in [0.1, 0.15) is 5.65 Å². The Morgan fingerprint density at radius 3 is 2.27 bits per heavy atom. The number of nitrogens with zero attached hydrogens (tertiary/aromatic N) is 2. The van der Waals surface area contributed by atoms with Crippen LogP contribution in [0, 0.1) is 13.8 Å². The van der Waals surface area contributed by atoms with Crippen molar-refractivity contribution in [1.82, 2.24) is 9.38 Å². The van der Waals surface area contributed by atoms with Crippen LogP contribution in [0.2, 0.25) is 0 Å². The van der Waals surface area contributed by atoms with E-state index < -0.39 is 0 Å². The third-order valence-electron chi connectivity index (χ3n) is 8.00. The zero-order valence-corrected chi connectivity index (χ0v) is 18.7. The molecule has 0 amide bonds. The van der Waals surface area contributed by atoms with Crippen molar-refractivity contribution in [2.75, 3.05) is 0 Å². The molecule has 0 atom stereocenters. The first kappa shape index (κ1) is 17.6. The number of aromatic nitrogens is 2. The van der Waals surface area contributed by atoms with Gasteiger partial charge in [-0.25, -0.2) is 4.98 Å². The number of rotatable bonds is 0. The molecule has 2 heteroatoms. The predicted octanol–water partition coefficient (Wildman–Crippen LogP) is 7.40. The number of hydrogen-bond acceptors (Lipinski definition) is 1. The third-order valence-corrected chi connectivity index (χ3v) is 8.00. The minimum absolute atomic E-state index is 0.986. The van der Waals surface area contributed by atoms with Crippen LogP contribution in [0.3, 0.4) is 0 Å². The fourth-order valence-corrected chi connectivity index (χ4v) is 6.43. The van der Waals surface area contributed by atoms with E-state index in [4.69, 9.17) is 4.98 Å². The van der Waals surface area contributed by atoms with Crippen molar-refractivity contribution in [1.29, 1.82) is 0 Å². The van der Waals surface area contributed by atoms with Crippen molar-refractivity contribution in [3.63, 3.8) is 0 Å². The van der Waals surface area contributed by atoms with Crippen LogP contribution >= 0.6 is 0 Å². The lowest BCUT2D eigenvalue weighted by atomic mass is 9.93. The Bertz CT molecular complexity index is 1830. The van der Waals surface area contributed by atoms with Crippen molar-refractivity contribution in [2.45, 2.75) is 26.7 Å². The molecule has 0 spiro atoms. The van der Waals surface area contributed by atoms with Gasteiger partial charge in [0.25, 0.3) is 0 Å². The van der Waals surface area contributed by atoms with E-state index in [1.807, 2.05) is 0 Å². The van der Waals surface area contributed by atoms with Gasteiger partial charge in [-0.2, -0.15) is 0 Å². The van der Waals surface area contributed by atoms with Gasteiger partial charge < -0.3 is 0 Å². The van der Waals surface area contributed by atoms with Gasteiger partial charge in [0.15, 0.2) is 0 Å². The molecule has 0 saturated heterocycles. The smallest absolute Gasteiger partial charge is 0.145 e. The molecule has 2 aliphatic rings. The highest BCUT2D eigenvalue weighted by atomic mass is 15.0. The molecule has 2 nitrogen and oxygen atoms in total. The molecule has 0 fully saturated rings. The Kier molecular flexibility index (Phi) is 3.15. The maximum atomic E-state index is 4.96. The van der Waals surface area contributed by atoms with Crippen molar-refractivity contribution in [3.8, 4) is 22.3 Å². The SMILES string of the molecule is Cc1nc2c3ccccc3c3c4c(ccc3n2c1C)-c1c(ccc2c1-c1ccccc1C2)C4. The highest BCUT2D eigenvalue weighted by Gasteiger charge is 2.30. The van der Waals surface area contributed by atoms with Crippen molar-refractivity contribution >= 4 is 27.3 Å². The molecule has 2 aliphatic carbocycles. The third kappa shape index (κ3) is 2.07. The van der Waals surface area contributed by atoms with Gasteiger partial charge in [0.2, 0.25) is 0 Å². The Balaban J connectivity index is 1.54. The van der Waals surface area contributed by atoms with Crippen LogP contribution in [0.4, 0.5) is 0 Å². The number of pyridine rings is 1. The average Bonchev–Trinajstić information content (AvgIpc) is 3.49. The summed E-state index contributed by atoms with van der Waals surface area (Å²) in [6.45, 7) is 4.31. The predicted molar refractivity (Wildman–Crippen MR) is 136 cm³/mol. The fourth-order valence-electron chi connectivity index (χ4n) is 6.43. The topological polar surface area (TPSA) is 17.3 Å². The number of imidazole rings is 1. The molecule has 0 unspecified atom stereocenters. The van der Waals surface area contributed by atoms with E-state index in [1.165, 1.54) is 71.9 Å². The molecule has 6 aromatic rings. The molecule has 0 radical (unpaired) electrons. The average molecular weight is 423 g/mol. The van der Waals surface area contributed by atoms with E-state index in [1.54, 1.807) is 0 Å². The second-order valence-corrected chi connectivity index (χ2v) is 9.62. The number of hydrogen-bond donors (Lipinski definition) is 0. The normalized spacial score (nSPS) is 13.5. The van der Waals surface area contributed by atoms with E-state index in [9.17, 15) is 0 Å². The maximum Gasteiger partial charge on any atom is 0.145 e. The summed E-state index contributed by atoms with van der Waals surface area (Å²) >= 11 is 0. The minimum atomic E-state index is 0.986. The van der Waals surface area contributed by atoms with Crippen LogP contribution in [-0.2, 0) is 12.8 Å². The lowest BCUT2D eigenvalue weighted by molar-refractivity contribution is 1.14. The highest BCUT2D eigenvalue weighted by molar-refractivity contribution is 6.16. The first-order chi connectivity index (χ1) is 16.2. The van der Waals surface area contributed by atoms with E-state index >= 15 is 0 Å². The van der Waals surface area contributed by atoms with E-state index in [-0.39, 0.29) is 0 Å². The largest absolute Gasteiger partial charge is 0.296 e. The molecule has 8 rings (SSSR count). The van der Waals surface area contributed by atoms with Gasteiger partial charge in [0.05, 0.1) is 11.2 Å². The van der Waals surface area contributed by atoms with Gasteiger partial charge in [0, 0.05) is 16.5 Å². The quantitative estimate of drug-likeness (QED) is 0.233. The van der Waals surface area contributed by atoms with Crippen molar-refractivity contribution in [3.05, 3.63) is 106 Å². The second kappa shape index (κ2) is 5.90. The van der Waals surface area contributed by atoms with Gasteiger partial charge in [-0.05, 0) is 82.6 Å². The lowest BCUT2D eigenvalue weighted by Gasteiger charge is -2.14. The van der Waals surface area contributed by atoms with Crippen LogP contribution in [0.5, 0.6) is 0 Å². The van der Waals surface area contributed by atoms with E-state index in [2.05, 4.69) is 91.0 Å². The summed E-state index contributed by atoms with van der Waals surface area (Å²) in [6, 6.07) is 27.2. The van der Waals surface area contributed by atoms with Crippen molar-refractivity contribution < 1.29 is 0 Å². The molecule has 0 bridgehead atoms. The number of fused-ring (bicyclic) bond motifs is 14. The molecule has 4 aromatic carbocycles. The summed E-state index contributed by atoms with van der Waals surface area (Å²) in [5, 5.41) is 3.93. The standard InChI is InChI=1S/C31H22N2/c1-17-18(2)33-27-14-13-24-26(30(27)23-9-5-6-10-25(23)31(33)32-17)16-21-12-11-20-15-19-7-3-4-8-22(19)28(20)29(21)24/h3-14H,15-16H2,1-2H3. The first-order valence-corrected chi connectivity index (χ1v) is 11.8. The zero-order valence-electron chi connectivity index (χ0n) is 18.7. The lowest BCUT2D eigenvalue weighted by Crippen LogP contribution is -1.96. The molecule has 33 heavy (non-hydrogen) atoms. The number of aryl methyl sites for hydroxylation is 2. The summed E-state index contributed by atoms with van der Waals surface area (Å²) in [6.07, 6.45) is 2.03.